The summed E-state index contributed by atoms with van der Waals surface area (Å²) in [6.45, 7) is 5.39. The predicted molar refractivity (Wildman–Crippen MR) is 118 cm³/mol. The summed E-state index contributed by atoms with van der Waals surface area (Å²) in [5.74, 6) is -1.05. The average molecular weight is 471 g/mol. The number of carbonyl (C=O) groups is 1. The van der Waals surface area contributed by atoms with Crippen LogP contribution in [-0.4, -0.2) is 26.8 Å². The molecule has 0 saturated carbocycles. The highest BCUT2D eigenvalue weighted by Gasteiger charge is 2.17. The number of aromatic nitrogens is 2. The highest BCUT2D eigenvalue weighted by Crippen LogP contribution is 2.25. The molecule has 154 valence electrons. The van der Waals surface area contributed by atoms with Gasteiger partial charge in [-0.05, 0) is 55.7 Å². The molecular weight excluding hydrogens is 452 g/mol. The maximum atomic E-state index is 12.4. The van der Waals surface area contributed by atoms with Gasteiger partial charge in [0, 0.05) is 10.0 Å². The number of amides is 1. The maximum Gasteiger partial charge on any atom is 0.335 e. The molecule has 3 aromatic rings. The van der Waals surface area contributed by atoms with E-state index in [0.29, 0.717) is 16.8 Å². The Morgan fingerprint density at radius 2 is 1.83 bits per heavy atom. The highest BCUT2D eigenvalue weighted by molar-refractivity contribution is 9.10. The van der Waals surface area contributed by atoms with Gasteiger partial charge in [0.25, 0.3) is 11.5 Å². The van der Waals surface area contributed by atoms with Gasteiger partial charge < -0.3 is 5.11 Å². The van der Waals surface area contributed by atoms with Crippen molar-refractivity contribution >= 4 is 28.1 Å². The van der Waals surface area contributed by atoms with Gasteiger partial charge in [0.15, 0.2) is 0 Å². The molecule has 0 atom stereocenters. The Bertz CT molecular complexity index is 1290. The number of hydrogen-bond acceptors (Lipinski definition) is 5. The third-order valence-corrected chi connectivity index (χ3v) is 5.44. The number of aryl methyl sites for hydroxylation is 3. The zero-order valence-electron chi connectivity index (χ0n) is 16.5. The average Bonchev–Trinajstić information content (AvgIpc) is 2.68. The minimum Gasteiger partial charge on any atom is -0.493 e. The Labute approximate surface area is 180 Å². The van der Waals surface area contributed by atoms with Gasteiger partial charge in [-0.2, -0.15) is 5.10 Å². The molecule has 1 amide bonds. The first kappa shape index (κ1) is 21.3. The first-order chi connectivity index (χ1) is 14.2. The number of hydrazone groups is 1. The standard InChI is InChI=1S/C21H19BrN4O4/c1-11-6-4-5-7-14(11)19(28)25-23-10-15-18(27)24-21(30)26(20(15)29)17-9-12(2)16(22)8-13(17)3/h4-10,29H,1-3H3,(H,25,28)(H,24,27,30). The number of rotatable bonds is 4. The van der Waals surface area contributed by atoms with E-state index in [1.807, 2.05) is 13.0 Å². The number of halogens is 1. The Balaban J connectivity index is 2.00. The van der Waals surface area contributed by atoms with E-state index < -0.39 is 23.0 Å². The second-order valence-corrected chi connectivity index (χ2v) is 7.59. The fourth-order valence-electron chi connectivity index (χ4n) is 2.93. The summed E-state index contributed by atoms with van der Waals surface area (Å²) in [6.07, 6.45) is 1.00. The van der Waals surface area contributed by atoms with E-state index in [4.69, 9.17) is 0 Å². The van der Waals surface area contributed by atoms with Crippen LogP contribution in [0.25, 0.3) is 5.69 Å². The molecule has 0 fully saturated rings. The lowest BCUT2D eigenvalue weighted by molar-refractivity contribution is 0.0954. The molecule has 0 aliphatic rings. The van der Waals surface area contributed by atoms with Crippen LogP contribution in [0.15, 0.2) is 55.6 Å². The van der Waals surface area contributed by atoms with Crippen LogP contribution in [-0.2, 0) is 0 Å². The third kappa shape index (κ3) is 4.11. The number of benzene rings is 2. The van der Waals surface area contributed by atoms with E-state index in [-0.39, 0.29) is 5.56 Å². The zero-order chi connectivity index (χ0) is 22.0. The van der Waals surface area contributed by atoms with Crippen LogP contribution in [0, 0.1) is 20.8 Å². The van der Waals surface area contributed by atoms with Crippen molar-refractivity contribution in [3.8, 4) is 11.6 Å². The van der Waals surface area contributed by atoms with Crippen LogP contribution in [0.4, 0.5) is 0 Å². The van der Waals surface area contributed by atoms with Gasteiger partial charge in [-0.1, -0.05) is 34.1 Å². The van der Waals surface area contributed by atoms with Gasteiger partial charge in [0.05, 0.1) is 11.9 Å². The van der Waals surface area contributed by atoms with Gasteiger partial charge in [0.1, 0.15) is 5.56 Å². The molecule has 1 aromatic heterocycles. The summed E-state index contributed by atoms with van der Waals surface area (Å²) < 4.78 is 1.84. The number of nitrogens with one attached hydrogen (secondary N) is 2. The largest absolute Gasteiger partial charge is 0.493 e. The van der Waals surface area contributed by atoms with Crippen molar-refractivity contribution < 1.29 is 9.90 Å². The zero-order valence-corrected chi connectivity index (χ0v) is 18.1. The molecule has 8 nitrogen and oxygen atoms in total. The molecule has 1 heterocycles. The lowest BCUT2D eigenvalue weighted by atomic mass is 10.1. The van der Waals surface area contributed by atoms with E-state index in [9.17, 15) is 19.5 Å². The van der Waals surface area contributed by atoms with Crippen molar-refractivity contribution in [3.05, 3.63) is 89.5 Å². The summed E-state index contributed by atoms with van der Waals surface area (Å²) in [5.41, 5.74) is 3.59. The monoisotopic (exact) mass is 470 g/mol. The van der Waals surface area contributed by atoms with Crippen molar-refractivity contribution in [2.75, 3.05) is 0 Å². The van der Waals surface area contributed by atoms with Crippen LogP contribution in [0.2, 0.25) is 0 Å². The van der Waals surface area contributed by atoms with Gasteiger partial charge in [-0.15, -0.1) is 0 Å². The third-order valence-electron chi connectivity index (χ3n) is 4.59. The van der Waals surface area contributed by atoms with E-state index >= 15 is 0 Å². The number of nitrogens with zero attached hydrogens (tertiary/aromatic N) is 2. The van der Waals surface area contributed by atoms with Gasteiger partial charge in [0.2, 0.25) is 5.88 Å². The van der Waals surface area contributed by atoms with Crippen molar-refractivity contribution in [1.29, 1.82) is 0 Å². The molecule has 0 aliphatic carbocycles. The minimum absolute atomic E-state index is 0.264. The second-order valence-electron chi connectivity index (χ2n) is 6.73. The van der Waals surface area contributed by atoms with Crippen molar-refractivity contribution in [3.63, 3.8) is 0 Å². The molecule has 3 N–H and O–H groups in total. The first-order valence-corrected chi connectivity index (χ1v) is 9.74. The summed E-state index contributed by atoms with van der Waals surface area (Å²) >= 11 is 3.42. The van der Waals surface area contributed by atoms with E-state index in [1.54, 1.807) is 44.2 Å². The molecule has 30 heavy (non-hydrogen) atoms. The summed E-state index contributed by atoms with van der Waals surface area (Å²) in [7, 11) is 0. The van der Waals surface area contributed by atoms with Crippen molar-refractivity contribution in [2.45, 2.75) is 20.8 Å². The number of aromatic amines is 1. The Morgan fingerprint density at radius 1 is 1.13 bits per heavy atom. The lowest BCUT2D eigenvalue weighted by Crippen LogP contribution is -2.32. The summed E-state index contributed by atoms with van der Waals surface area (Å²) in [5, 5.41) is 14.4. The molecule has 0 saturated heterocycles. The normalized spacial score (nSPS) is 11.1. The van der Waals surface area contributed by atoms with Crippen molar-refractivity contribution in [2.24, 2.45) is 5.10 Å². The molecule has 0 aliphatic heterocycles. The lowest BCUT2D eigenvalue weighted by Gasteiger charge is -2.14. The Kier molecular flexibility index (Phi) is 6.02. The molecule has 0 radical (unpaired) electrons. The molecule has 0 bridgehead atoms. The van der Waals surface area contributed by atoms with E-state index in [1.165, 1.54) is 0 Å². The van der Waals surface area contributed by atoms with E-state index in [0.717, 1.165) is 26.4 Å². The van der Waals surface area contributed by atoms with Crippen LogP contribution in [0.5, 0.6) is 5.88 Å². The molecule has 2 aromatic carbocycles. The number of aromatic hydroxyl groups is 1. The molecule has 3 rings (SSSR count). The van der Waals surface area contributed by atoms with Crippen molar-refractivity contribution in [1.82, 2.24) is 15.0 Å². The minimum atomic E-state index is -0.825. The smallest absolute Gasteiger partial charge is 0.335 e. The summed E-state index contributed by atoms with van der Waals surface area (Å²) in [6, 6.07) is 10.5. The Hall–Kier alpha value is -3.46. The van der Waals surface area contributed by atoms with E-state index in [2.05, 4.69) is 31.4 Å². The summed E-state index contributed by atoms with van der Waals surface area (Å²) in [4.78, 5) is 39.0. The second kappa shape index (κ2) is 8.50. The predicted octanol–water partition coefficient (Wildman–Crippen LogP) is 2.68. The number of carbonyl (C=O) groups excluding carboxylic acids is 1. The molecule has 0 unspecified atom stereocenters. The maximum absolute atomic E-state index is 12.4. The molecular formula is C21H19BrN4O4. The van der Waals surface area contributed by atoms with Crippen LogP contribution in [0.3, 0.4) is 0 Å². The van der Waals surface area contributed by atoms with Gasteiger partial charge >= 0.3 is 5.69 Å². The number of hydrogen-bond donors (Lipinski definition) is 3. The molecule has 9 heteroatoms. The first-order valence-electron chi connectivity index (χ1n) is 8.95. The van der Waals surface area contributed by atoms with Crippen LogP contribution in [0.1, 0.15) is 32.6 Å². The molecule has 0 spiro atoms. The SMILES string of the molecule is Cc1cc(-n2c(O)c(C=NNC(=O)c3ccccc3C)c(=O)[nH]c2=O)c(C)cc1Br. The number of H-pyrrole nitrogens is 1. The fraction of sp³-hybridized carbons (Fsp3) is 0.143. The Morgan fingerprint density at radius 3 is 2.53 bits per heavy atom. The van der Waals surface area contributed by atoms with Gasteiger partial charge in [-0.3, -0.25) is 14.6 Å². The van der Waals surface area contributed by atoms with Crippen LogP contribution >= 0.6 is 15.9 Å². The topological polar surface area (TPSA) is 117 Å². The van der Waals surface area contributed by atoms with Crippen LogP contribution < -0.4 is 16.7 Å². The highest BCUT2D eigenvalue weighted by atomic mass is 79.9. The van der Waals surface area contributed by atoms with Gasteiger partial charge in [-0.25, -0.2) is 14.8 Å². The fourth-order valence-corrected chi connectivity index (χ4v) is 3.39. The quantitative estimate of drug-likeness (QED) is 0.401.